The molecule has 2 atom stereocenters. The van der Waals surface area contributed by atoms with Crippen LogP contribution in [-0.4, -0.2) is 67.6 Å². The molecular weight excluding hydrogens is 210 g/mol. The molecule has 0 aromatic rings. The average Bonchev–Trinajstić information content (AvgIpc) is 2.24. The fraction of sp³-hybridized carbons (Fsp3) is 0.900. The maximum Gasteiger partial charge on any atom is 0.404 e. The summed E-state index contributed by atoms with van der Waals surface area (Å²) in [7, 11) is 0. The van der Waals surface area contributed by atoms with E-state index in [2.05, 4.69) is 15.5 Å². The van der Waals surface area contributed by atoms with Crippen molar-refractivity contribution in [3.63, 3.8) is 0 Å². The minimum absolute atomic E-state index is 0.305. The van der Waals surface area contributed by atoms with Crippen LogP contribution in [0.4, 0.5) is 4.79 Å². The van der Waals surface area contributed by atoms with Crippen molar-refractivity contribution in [3.05, 3.63) is 0 Å². The average molecular weight is 229 g/mol. The predicted molar refractivity (Wildman–Crippen MR) is 58.6 cm³/mol. The van der Waals surface area contributed by atoms with E-state index in [1.807, 2.05) is 0 Å². The fourth-order valence-electron chi connectivity index (χ4n) is 2.32. The Kier molecular flexibility index (Phi) is 3.98. The van der Waals surface area contributed by atoms with Crippen LogP contribution >= 0.6 is 0 Å². The Balaban J connectivity index is 1.64. The summed E-state index contributed by atoms with van der Waals surface area (Å²) in [6.07, 6.45) is 0.530. The maximum absolute atomic E-state index is 10.3. The lowest BCUT2D eigenvalue weighted by atomic mass is 10.1. The molecular formula is C10H19N3O3. The molecule has 2 bridgehead atoms. The molecule has 6 nitrogen and oxygen atoms in total. The van der Waals surface area contributed by atoms with Gasteiger partial charge in [0.15, 0.2) is 0 Å². The van der Waals surface area contributed by atoms with Gasteiger partial charge in [0.1, 0.15) is 0 Å². The predicted octanol–water partition coefficient (Wildman–Crippen LogP) is -0.683. The number of ether oxygens (including phenoxy) is 1. The molecule has 1 amide bonds. The zero-order chi connectivity index (χ0) is 11.4. The van der Waals surface area contributed by atoms with E-state index in [1.165, 1.54) is 0 Å². The molecule has 2 heterocycles. The second kappa shape index (κ2) is 5.47. The van der Waals surface area contributed by atoms with Crippen LogP contribution in [0.1, 0.15) is 6.42 Å². The number of fused-ring (bicyclic) bond motifs is 2. The Morgan fingerprint density at radius 3 is 2.75 bits per heavy atom. The molecule has 2 aliphatic rings. The first-order valence-corrected chi connectivity index (χ1v) is 5.79. The van der Waals surface area contributed by atoms with E-state index in [-0.39, 0.29) is 0 Å². The summed E-state index contributed by atoms with van der Waals surface area (Å²) in [5.74, 6) is 0. The molecule has 2 unspecified atom stereocenters. The third-order valence-corrected chi connectivity index (χ3v) is 2.98. The molecule has 0 aliphatic carbocycles. The zero-order valence-electron chi connectivity index (χ0n) is 9.32. The highest BCUT2D eigenvalue weighted by molar-refractivity contribution is 5.64. The van der Waals surface area contributed by atoms with Crippen molar-refractivity contribution >= 4 is 6.09 Å². The summed E-state index contributed by atoms with van der Waals surface area (Å²) in [4.78, 5) is 12.6. The van der Waals surface area contributed by atoms with Crippen molar-refractivity contribution in [1.82, 2.24) is 15.5 Å². The summed E-state index contributed by atoms with van der Waals surface area (Å²) in [5, 5.41) is 14.2. The van der Waals surface area contributed by atoms with E-state index in [4.69, 9.17) is 9.84 Å². The Hall–Kier alpha value is -0.850. The van der Waals surface area contributed by atoms with Gasteiger partial charge in [-0.05, 0) is 6.42 Å². The molecule has 92 valence electrons. The summed E-state index contributed by atoms with van der Waals surface area (Å²) in [6, 6.07) is 0. The minimum Gasteiger partial charge on any atom is -0.465 e. The van der Waals surface area contributed by atoms with Crippen LogP contribution in [0.3, 0.4) is 0 Å². The molecule has 3 N–H and O–H groups in total. The number of hydrogen-bond acceptors (Lipinski definition) is 4. The van der Waals surface area contributed by atoms with Crippen LogP contribution in [0.15, 0.2) is 0 Å². The van der Waals surface area contributed by atoms with Gasteiger partial charge in [0.05, 0.1) is 12.2 Å². The molecule has 2 fully saturated rings. The van der Waals surface area contributed by atoms with E-state index in [9.17, 15) is 4.79 Å². The van der Waals surface area contributed by atoms with E-state index in [1.54, 1.807) is 0 Å². The molecule has 0 spiro atoms. The number of carboxylic acid groups (broad SMARTS) is 1. The van der Waals surface area contributed by atoms with Crippen molar-refractivity contribution in [2.45, 2.75) is 18.6 Å². The van der Waals surface area contributed by atoms with Gasteiger partial charge in [0, 0.05) is 39.3 Å². The van der Waals surface area contributed by atoms with E-state index >= 15 is 0 Å². The number of carbonyl (C=O) groups is 1. The van der Waals surface area contributed by atoms with E-state index < -0.39 is 6.09 Å². The van der Waals surface area contributed by atoms with Crippen molar-refractivity contribution in [2.75, 3.05) is 39.3 Å². The van der Waals surface area contributed by atoms with Crippen molar-refractivity contribution < 1.29 is 14.6 Å². The molecule has 0 aromatic heterocycles. The van der Waals surface area contributed by atoms with Gasteiger partial charge in [-0.1, -0.05) is 0 Å². The topological polar surface area (TPSA) is 73.8 Å². The van der Waals surface area contributed by atoms with E-state index in [0.717, 1.165) is 39.1 Å². The SMILES string of the molecule is O=C(O)NCCCN1CC2CNCC(C1)O2. The first-order valence-electron chi connectivity index (χ1n) is 5.79. The number of morpholine rings is 2. The van der Waals surface area contributed by atoms with Gasteiger partial charge in [-0.3, -0.25) is 4.90 Å². The lowest BCUT2D eigenvalue weighted by Gasteiger charge is -2.41. The van der Waals surface area contributed by atoms with Crippen LogP contribution < -0.4 is 10.6 Å². The highest BCUT2D eigenvalue weighted by Crippen LogP contribution is 2.13. The van der Waals surface area contributed by atoms with Crippen molar-refractivity contribution in [2.24, 2.45) is 0 Å². The number of nitrogens with one attached hydrogen (secondary N) is 2. The molecule has 0 radical (unpaired) electrons. The quantitative estimate of drug-likeness (QED) is 0.557. The van der Waals surface area contributed by atoms with Crippen LogP contribution in [-0.2, 0) is 4.74 Å². The van der Waals surface area contributed by atoms with Gasteiger partial charge in [-0.25, -0.2) is 4.79 Å². The molecule has 2 rings (SSSR count). The standard InChI is InChI=1S/C10H19N3O3/c14-10(15)12-2-1-3-13-6-8-4-11-5-9(7-13)16-8/h8-9,11-12H,1-7H2,(H,14,15). The summed E-state index contributed by atoms with van der Waals surface area (Å²) in [6.45, 7) is 5.24. The van der Waals surface area contributed by atoms with Gasteiger partial charge in [-0.15, -0.1) is 0 Å². The Morgan fingerprint density at radius 1 is 1.44 bits per heavy atom. The monoisotopic (exact) mass is 229 g/mol. The second-order valence-corrected chi connectivity index (χ2v) is 4.38. The number of rotatable bonds is 4. The lowest BCUT2D eigenvalue weighted by Crippen LogP contribution is -2.58. The lowest BCUT2D eigenvalue weighted by molar-refractivity contribution is -0.103. The van der Waals surface area contributed by atoms with Crippen LogP contribution in [0.5, 0.6) is 0 Å². The normalized spacial score (nSPS) is 30.0. The van der Waals surface area contributed by atoms with Crippen molar-refractivity contribution in [3.8, 4) is 0 Å². The summed E-state index contributed by atoms with van der Waals surface area (Å²) >= 11 is 0. The number of amides is 1. The fourth-order valence-corrected chi connectivity index (χ4v) is 2.32. The van der Waals surface area contributed by atoms with Crippen LogP contribution in [0.25, 0.3) is 0 Å². The molecule has 2 aliphatic heterocycles. The van der Waals surface area contributed by atoms with Gasteiger partial charge in [0.2, 0.25) is 0 Å². The first kappa shape index (κ1) is 11.6. The molecule has 0 saturated carbocycles. The zero-order valence-corrected chi connectivity index (χ0v) is 9.32. The van der Waals surface area contributed by atoms with Gasteiger partial charge in [0.25, 0.3) is 0 Å². The third-order valence-electron chi connectivity index (χ3n) is 2.98. The molecule has 2 saturated heterocycles. The first-order chi connectivity index (χ1) is 7.74. The highest BCUT2D eigenvalue weighted by Gasteiger charge is 2.30. The number of hydrogen-bond donors (Lipinski definition) is 3. The van der Waals surface area contributed by atoms with E-state index in [0.29, 0.717) is 18.8 Å². The third kappa shape index (κ3) is 3.33. The second-order valence-electron chi connectivity index (χ2n) is 4.38. The minimum atomic E-state index is -0.942. The Bertz CT molecular complexity index is 237. The summed E-state index contributed by atoms with van der Waals surface area (Å²) in [5.41, 5.74) is 0. The van der Waals surface area contributed by atoms with Gasteiger partial charge < -0.3 is 20.5 Å². The molecule has 16 heavy (non-hydrogen) atoms. The summed E-state index contributed by atoms with van der Waals surface area (Å²) < 4.78 is 5.78. The highest BCUT2D eigenvalue weighted by atomic mass is 16.5. The Labute approximate surface area is 94.9 Å². The van der Waals surface area contributed by atoms with Crippen molar-refractivity contribution in [1.29, 1.82) is 0 Å². The van der Waals surface area contributed by atoms with Gasteiger partial charge in [-0.2, -0.15) is 0 Å². The van der Waals surface area contributed by atoms with Crippen LogP contribution in [0.2, 0.25) is 0 Å². The van der Waals surface area contributed by atoms with Gasteiger partial charge >= 0.3 is 6.09 Å². The molecule has 0 aromatic carbocycles. The van der Waals surface area contributed by atoms with Crippen LogP contribution in [0, 0.1) is 0 Å². The largest absolute Gasteiger partial charge is 0.465 e. The Morgan fingerprint density at radius 2 is 2.12 bits per heavy atom. The number of nitrogens with zero attached hydrogens (tertiary/aromatic N) is 1. The molecule has 6 heteroatoms. The smallest absolute Gasteiger partial charge is 0.404 e. The maximum atomic E-state index is 10.3.